The summed E-state index contributed by atoms with van der Waals surface area (Å²) >= 11 is 12.3. The van der Waals surface area contributed by atoms with Crippen LogP contribution in [0.2, 0.25) is 10.0 Å². The quantitative estimate of drug-likeness (QED) is 0.910. The van der Waals surface area contributed by atoms with Crippen molar-refractivity contribution in [2.75, 3.05) is 6.54 Å². The van der Waals surface area contributed by atoms with Gasteiger partial charge in [-0.1, -0.05) is 37.0 Å². The first-order valence-electron chi connectivity index (χ1n) is 6.09. The normalized spacial score (nSPS) is 24.5. The fourth-order valence-electron chi connectivity index (χ4n) is 2.39. The van der Waals surface area contributed by atoms with E-state index in [1.165, 1.54) is 6.42 Å². The van der Waals surface area contributed by atoms with Gasteiger partial charge >= 0.3 is 0 Å². The van der Waals surface area contributed by atoms with Crippen molar-refractivity contribution in [3.05, 3.63) is 28.0 Å². The van der Waals surface area contributed by atoms with Crippen LogP contribution < -0.4 is 5.32 Å². The third-order valence-electron chi connectivity index (χ3n) is 3.60. The Morgan fingerprint density at radius 1 is 1.35 bits per heavy atom. The number of hydrogen-bond donors (Lipinski definition) is 1. The molecule has 1 saturated heterocycles. The summed E-state index contributed by atoms with van der Waals surface area (Å²) in [7, 11) is 0. The molecule has 1 unspecified atom stereocenters. The van der Waals surface area contributed by atoms with E-state index in [2.05, 4.69) is 24.1 Å². The van der Waals surface area contributed by atoms with Crippen LogP contribution in [0.5, 0.6) is 0 Å². The highest BCUT2D eigenvalue weighted by Crippen LogP contribution is 2.29. The van der Waals surface area contributed by atoms with Crippen molar-refractivity contribution >= 4 is 23.2 Å². The van der Waals surface area contributed by atoms with Crippen LogP contribution >= 0.6 is 23.2 Å². The van der Waals surface area contributed by atoms with Crippen LogP contribution in [0.1, 0.15) is 25.8 Å². The van der Waals surface area contributed by atoms with Gasteiger partial charge in [-0.2, -0.15) is 0 Å². The zero-order valence-electron chi connectivity index (χ0n) is 10.2. The summed E-state index contributed by atoms with van der Waals surface area (Å²) in [5.74, 6) is 1.50. The van der Waals surface area contributed by atoms with E-state index in [1.54, 1.807) is 12.4 Å². The molecule has 0 aliphatic carbocycles. The molecule has 2 atom stereocenters. The first kappa shape index (κ1) is 13.1. The third-order valence-corrected chi connectivity index (χ3v) is 4.25. The van der Waals surface area contributed by atoms with Crippen molar-refractivity contribution in [2.24, 2.45) is 11.8 Å². The lowest BCUT2D eigenvalue weighted by Gasteiger charge is -2.14. The Morgan fingerprint density at radius 3 is 2.53 bits per heavy atom. The maximum Gasteiger partial charge on any atom is 0.0636 e. The molecule has 1 aromatic rings. The maximum absolute atomic E-state index is 6.13. The SMILES string of the molecule is CC(C)C1CN[C@H](Cc2c(Cl)cncc2Cl)C1. The molecular weight excluding hydrogens is 255 g/mol. The van der Waals surface area contributed by atoms with Crippen LogP contribution in [0.15, 0.2) is 12.4 Å². The molecule has 1 N–H and O–H groups in total. The summed E-state index contributed by atoms with van der Waals surface area (Å²) in [5, 5.41) is 4.90. The highest BCUT2D eigenvalue weighted by molar-refractivity contribution is 6.35. The molecule has 1 aliphatic heterocycles. The summed E-state index contributed by atoms with van der Waals surface area (Å²) in [6.45, 7) is 5.66. The Kier molecular flexibility index (Phi) is 4.29. The van der Waals surface area contributed by atoms with E-state index in [0.29, 0.717) is 16.1 Å². The molecular formula is C13H18Cl2N2. The van der Waals surface area contributed by atoms with E-state index < -0.39 is 0 Å². The maximum atomic E-state index is 6.13. The molecule has 1 aliphatic rings. The molecule has 2 rings (SSSR count). The van der Waals surface area contributed by atoms with E-state index in [9.17, 15) is 0 Å². The number of nitrogens with zero attached hydrogens (tertiary/aromatic N) is 1. The molecule has 1 fully saturated rings. The summed E-state index contributed by atoms with van der Waals surface area (Å²) < 4.78 is 0. The van der Waals surface area contributed by atoms with Crippen LogP contribution in [0.4, 0.5) is 0 Å². The number of pyridine rings is 1. The van der Waals surface area contributed by atoms with Gasteiger partial charge in [-0.3, -0.25) is 4.98 Å². The standard InChI is InChI=1S/C13H18Cl2N2/c1-8(2)9-3-10(17-5-9)4-11-12(14)6-16-7-13(11)15/h6-10,17H,3-5H2,1-2H3/t9?,10-/m0/s1. The van der Waals surface area contributed by atoms with Crippen molar-refractivity contribution in [3.63, 3.8) is 0 Å². The van der Waals surface area contributed by atoms with Gasteiger partial charge in [0, 0.05) is 18.4 Å². The minimum atomic E-state index is 0.486. The predicted molar refractivity (Wildman–Crippen MR) is 72.7 cm³/mol. The lowest BCUT2D eigenvalue weighted by atomic mass is 9.92. The Bertz CT molecular complexity index is 373. The number of hydrogen-bond acceptors (Lipinski definition) is 2. The monoisotopic (exact) mass is 272 g/mol. The highest BCUT2D eigenvalue weighted by Gasteiger charge is 2.27. The first-order chi connectivity index (χ1) is 8.08. The van der Waals surface area contributed by atoms with Crippen molar-refractivity contribution in [2.45, 2.75) is 32.7 Å². The van der Waals surface area contributed by atoms with Gasteiger partial charge in [0.25, 0.3) is 0 Å². The Hall–Kier alpha value is -0.310. The molecule has 17 heavy (non-hydrogen) atoms. The Morgan fingerprint density at radius 2 is 2.00 bits per heavy atom. The molecule has 4 heteroatoms. The molecule has 0 aromatic carbocycles. The summed E-state index contributed by atoms with van der Waals surface area (Å²) in [4.78, 5) is 3.98. The van der Waals surface area contributed by atoms with Crippen LogP contribution in [0.3, 0.4) is 0 Å². The van der Waals surface area contributed by atoms with Gasteiger partial charge in [-0.25, -0.2) is 0 Å². The number of aromatic nitrogens is 1. The number of rotatable bonds is 3. The lowest BCUT2D eigenvalue weighted by Crippen LogP contribution is -2.24. The second-order valence-electron chi connectivity index (χ2n) is 5.13. The minimum Gasteiger partial charge on any atom is -0.313 e. The first-order valence-corrected chi connectivity index (χ1v) is 6.84. The molecule has 2 nitrogen and oxygen atoms in total. The number of halogens is 2. The van der Waals surface area contributed by atoms with Gasteiger partial charge in [0.2, 0.25) is 0 Å². The fourth-order valence-corrected chi connectivity index (χ4v) is 2.91. The average molecular weight is 273 g/mol. The largest absolute Gasteiger partial charge is 0.313 e. The smallest absolute Gasteiger partial charge is 0.0636 e. The van der Waals surface area contributed by atoms with Crippen molar-refractivity contribution in [1.82, 2.24) is 10.3 Å². The summed E-state index contributed by atoms with van der Waals surface area (Å²) in [6.07, 6.45) is 5.42. The van der Waals surface area contributed by atoms with Crippen LogP contribution in [0.25, 0.3) is 0 Å². The Balaban J connectivity index is 2.03. The van der Waals surface area contributed by atoms with Gasteiger partial charge in [0.15, 0.2) is 0 Å². The highest BCUT2D eigenvalue weighted by atomic mass is 35.5. The zero-order valence-corrected chi connectivity index (χ0v) is 11.7. The van der Waals surface area contributed by atoms with Gasteiger partial charge < -0.3 is 5.32 Å². The topological polar surface area (TPSA) is 24.9 Å². The van der Waals surface area contributed by atoms with E-state index in [0.717, 1.165) is 30.4 Å². The van der Waals surface area contributed by atoms with Crippen LogP contribution in [-0.2, 0) is 6.42 Å². The Labute approximate surface area is 113 Å². The lowest BCUT2D eigenvalue weighted by molar-refractivity contribution is 0.410. The molecule has 0 saturated carbocycles. The summed E-state index contributed by atoms with van der Waals surface area (Å²) in [5.41, 5.74) is 1.02. The van der Waals surface area contributed by atoms with Crippen LogP contribution in [-0.4, -0.2) is 17.6 Å². The van der Waals surface area contributed by atoms with Crippen LogP contribution in [0, 0.1) is 11.8 Å². The molecule has 94 valence electrons. The van der Waals surface area contributed by atoms with E-state index >= 15 is 0 Å². The molecule has 0 spiro atoms. The second kappa shape index (κ2) is 5.55. The van der Waals surface area contributed by atoms with E-state index in [1.807, 2.05) is 0 Å². The van der Waals surface area contributed by atoms with Crippen molar-refractivity contribution < 1.29 is 0 Å². The fraction of sp³-hybridized carbons (Fsp3) is 0.615. The summed E-state index contributed by atoms with van der Waals surface area (Å²) in [6, 6.07) is 0.486. The molecule has 0 bridgehead atoms. The molecule has 0 amide bonds. The number of nitrogens with one attached hydrogen (secondary N) is 1. The molecule has 2 heterocycles. The van der Waals surface area contributed by atoms with E-state index in [4.69, 9.17) is 23.2 Å². The second-order valence-corrected chi connectivity index (χ2v) is 5.95. The predicted octanol–water partition coefficient (Wildman–Crippen LogP) is 3.57. The van der Waals surface area contributed by atoms with Gasteiger partial charge in [0.1, 0.15) is 0 Å². The minimum absolute atomic E-state index is 0.486. The average Bonchev–Trinajstić information content (AvgIpc) is 2.72. The van der Waals surface area contributed by atoms with Crippen molar-refractivity contribution in [3.8, 4) is 0 Å². The van der Waals surface area contributed by atoms with Gasteiger partial charge in [-0.05, 0) is 36.8 Å². The van der Waals surface area contributed by atoms with Gasteiger partial charge in [0.05, 0.1) is 10.0 Å². The zero-order chi connectivity index (χ0) is 12.4. The third kappa shape index (κ3) is 3.12. The molecule has 0 radical (unpaired) electrons. The molecule has 1 aromatic heterocycles. The van der Waals surface area contributed by atoms with E-state index in [-0.39, 0.29) is 0 Å². The van der Waals surface area contributed by atoms with Crippen molar-refractivity contribution in [1.29, 1.82) is 0 Å². The van der Waals surface area contributed by atoms with Gasteiger partial charge in [-0.15, -0.1) is 0 Å².